The van der Waals surface area contributed by atoms with Crippen LogP contribution in [0.25, 0.3) is 0 Å². The topological polar surface area (TPSA) is 37.3 Å². The molecule has 0 aliphatic rings. The highest BCUT2D eigenvalue weighted by Crippen LogP contribution is 2.40. The summed E-state index contributed by atoms with van der Waals surface area (Å²) in [4.78, 5) is 11.6. The maximum Gasteiger partial charge on any atom is 0.346 e. The molecule has 0 aliphatic heterocycles. The fourth-order valence-corrected chi connectivity index (χ4v) is 2.54. The molecule has 1 rings (SSSR count). The van der Waals surface area contributed by atoms with Gasteiger partial charge in [0.25, 0.3) is 5.12 Å². The fourth-order valence-electron chi connectivity index (χ4n) is 1.54. The van der Waals surface area contributed by atoms with Crippen molar-refractivity contribution < 1.29 is 18.7 Å². The second-order valence-electron chi connectivity index (χ2n) is 4.50. The van der Waals surface area contributed by atoms with E-state index in [0.29, 0.717) is 23.9 Å². The fraction of sp³-hybridized carbons (Fsp3) is 0.500. The number of carbonyl (C=O) groups excluding carboxylic acids is 1. The molecule has 19 heavy (non-hydrogen) atoms. The highest BCUT2D eigenvalue weighted by atomic mass is 32.2. The number of thioether (sulfide) groups is 1. The van der Waals surface area contributed by atoms with E-state index in [1.807, 2.05) is 6.92 Å². The zero-order valence-corrected chi connectivity index (χ0v) is 11.8. The Hall–Kier alpha value is -0.940. The third-order valence-electron chi connectivity index (χ3n) is 2.93. The van der Waals surface area contributed by atoms with Crippen molar-refractivity contribution in [3.05, 3.63) is 35.9 Å². The van der Waals surface area contributed by atoms with Crippen molar-refractivity contribution in [1.82, 2.24) is 0 Å². The van der Waals surface area contributed by atoms with Crippen LogP contribution in [0.3, 0.4) is 0 Å². The van der Waals surface area contributed by atoms with E-state index in [-0.39, 0.29) is 5.56 Å². The Morgan fingerprint density at radius 3 is 2.42 bits per heavy atom. The first kappa shape index (κ1) is 16.1. The molecule has 1 aromatic carbocycles. The largest absolute Gasteiger partial charge is 0.379 e. The average molecular weight is 288 g/mol. The summed E-state index contributed by atoms with van der Waals surface area (Å²) in [6, 6.07) is 7.54. The van der Waals surface area contributed by atoms with Crippen LogP contribution in [0.1, 0.15) is 32.3 Å². The van der Waals surface area contributed by atoms with Gasteiger partial charge in [-0.3, -0.25) is 4.79 Å². The van der Waals surface area contributed by atoms with Crippen LogP contribution >= 0.6 is 11.8 Å². The van der Waals surface area contributed by atoms with Crippen LogP contribution in [-0.4, -0.2) is 21.9 Å². The molecule has 0 aromatic heterocycles. The monoisotopic (exact) mass is 288 g/mol. The van der Waals surface area contributed by atoms with Gasteiger partial charge >= 0.3 is 5.92 Å². The number of hydrogen-bond donors (Lipinski definition) is 1. The third-order valence-corrected chi connectivity index (χ3v) is 3.95. The van der Waals surface area contributed by atoms with Crippen LogP contribution in [0, 0.1) is 0 Å². The molecule has 0 radical (unpaired) electrons. The summed E-state index contributed by atoms with van der Waals surface area (Å²) in [5.74, 6) is -3.47. The molecular formula is C14H18F2O2S. The molecule has 0 fully saturated rings. The SMILES string of the molecule is CCCCSC(=O)C(F)(F)C(C)(O)c1ccccc1. The summed E-state index contributed by atoms with van der Waals surface area (Å²) in [5.41, 5.74) is -2.46. The first-order valence-electron chi connectivity index (χ1n) is 6.17. The Kier molecular flexibility index (Phi) is 5.50. The van der Waals surface area contributed by atoms with Gasteiger partial charge in [-0.2, -0.15) is 8.78 Å². The Balaban J connectivity index is 2.88. The first-order valence-corrected chi connectivity index (χ1v) is 7.15. The number of hydrogen-bond acceptors (Lipinski definition) is 3. The van der Waals surface area contributed by atoms with Crippen LogP contribution in [0.2, 0.25) is 0 Å². The van der Waals surface area contributed by atoms with E-state index in [1.165, 1.54) is 12.1 Å². The number of halogens is 2. The quantitative estimate of drug-likeness (QED) is 0.813. The minimum atomic E-state index is -3.81. The maximum atomic E-state index is 14.1. The van der Waals surface area contributed by atoms with Crippen molar-refractivity contribution in [1.29, 1.82) is 0 Å². The molecule has 0 heterocycles. The summed E-state index contributed by atoms with van der Waals surface area (Å²) in [6.07, 6.45) is 1.53. The Morgan fingerprint density at radius 2 is 1.89 bits per heavy atom. The Labute approximate surface area is 116 Å². The van der Waals surface area contributed by atoms with Crippen molar-refractivity contribution in [3.8, 4) is 0 Å². The van der Waals surface area contributed by atoms with Gasteiger partial charge in [-0.1, -0.05) is 55.4 Å². The molecule has 0 amide bonds. The van der Waals surface area contributed by atoms with Crippen molar-refractivity contribution in [3.63, 3.8) is 0 Å². The summed E-state index contributed by atoms with van der Waals surface area (Å²) < 4.78 is 28.2. The number of aliphatic hydroxyl groups is 1. The van der Waals surface area contributed by atoms with E-state index in [0.717, 1.165) is 13.3 Å². The smallest absolute Gasteiger partial charge is 0.346 e. The predicted octanol–water partition coefficient (Wildman–Crippen LogP) is 3.59. The molecule has 5 heteroatoms. The number of unbranched alkanes of at least 4 members (excludes halogenated alkanes) is 1. The van der Waals surface area contributed by atoms with Crippen molar-refractivity contribution in [2.24, 2.45) is 0 Å². The lowest BCUT2D eigenvalue weighted by Crippen LogP contribution is -2.47. The molecule has 1 atom stereocenters. The molecule has 0 saturated carbocycles. The van der Waals surface area contributed by atoms with E-state index in [2.05, 4.69) is 0 Å². The van der Waals surface area contributed by atoms with Crippen LogP contribution in [0.5, 0.6) is 0 Å². The molecule has 0 aliphatic carbocycles. The van der Waals surface area contributed by atoms with Crippen molar-refractivity contribution >= 4 is 16.9 Å². The zero-order valence-electron chi connectivity index (χ0n) is 11.0. The van der Waals surface area contributed by atoms with Gasteiger partial charge in [-0.05, 0) is 18.9 Å². The van der Waals surface area contributed by atoms with E-state index >= 15 is 0 Å². The molecule has 1 unspecified atom stereocenters. The van der Waals surface area contributed by atoms with Gasteiger partial charge in [0.15, 0.2) is 5.60 Å². The van der Waals surface area contributed by atoms with Crippen LogP contribution in [0.4, 0.5) is 8.78 Å². The molecular weight excluding hydrogens is 270 g/mol. The van der Waals surface area contributed by atoms with Crippen molar-refractivity contribution in [2.45, 2.75) is 38.2 Å². The lowest BCUT2D eigenvalue weighted by Gasteiger charge is -2.31. The van der Waals surface area contributed by atoms with Crippen LogP contribution in [-0.2, 0) is 10.4 Å². The second-order valence-corrected chi connectivity index (χ2v) is 5.57. The molecule has 0 bridgehead atoms. The number of rotatable bonds is 6. The molecule has 0 saturated heterocycles. The lowest BCUT2D eigenvalue weighted by atomic mass is 9.90. The van der Waals surface area contributed by atoms with Gasteiger partial charge < -0.3 is 5.11 Å². The molecule has 1 N–H and O–H groups in total. The lowest BCUT2D eigenvalue weighted by molar-refractivity contribution is -0.180. The highest BCUT2D eigenvalue weighted by molar-refractivity contribution is 8.13. The van der Waals surface area contributed by atoms with E-state index in [9.17, 15) is 18.7 Å². The average Bonchev–Trinajstić information content (AvgIpc) is 2.39. The first-order chi connectivity index (χ1) is 8.84. The van der Waals surface area contributed by atoms with Gasteiger partial charge in [0.1, 0.15) is 0 Å². The summed E-state index contributed by atoms with van der Waals surface area (Å²) in [6.45, 7) is 2.89. The van der Waals surface area contributed by atoms with E-state index in [4.69, 9.17) is 0 Å². The predicted molar refractivity (Wildman–Crippen MR) is 73.3 cm³/mol. The van der Waals surface area contributed by atoms with Gasteiger partial charge in [0, 0.05) is 5.75 Å². The van der Waals surface area contributed by atoms with Crippen LogP contribution < -0.4 is 0 Å². The molecule has 106 valence electrons. The Morgan fingerprint density at radius 1 is 1.32 bits per heavy atom. The summed E-state index contributed by atoms with van der Waals surface area (Å²) >= 11 is 0.581. The van der Waals surface area contributed by atoms with Gasteiger partial charge in [0.2, 0.25) is 0 Å². The van der Waals surface area contributed by atoms with E-state index in [1.54, 1.807) is 18.2 Å². The molecule has 1 aromatic rings. The van der Waals surface area contributed by atoms with Gasteiger partial charge in [-0.15, -0.1) is 0 Å². The van der Waals surface area contributed by atoms with Crippen molar-refractivity contribution in [2.75, 3.05) is 5.75 Å². The van der Waals surface area contributed by atoms with Crippen LogP contribution in [0.15, 0.2) is 30.3 Å². The highest BCUT2D eigenvalue weighted by Gasteiger charge is 2.56. The normalized spacial score (nSPS) is 15.0. The minimum Gasteiger partial charge on any atom is -0.379 e. The van der Waals surface area contributed by atoms with Gasteiger partial charge in [-0.25, -0.2) is 0 Å². The Bertz CT molecular complexity index is 419. The summed E-state index contributed by atoms with van der Waals surface area (Å²) in [5, 5.41) is 8.77. The summed E-state index contributed by atoms with van der Waals surface area (Å²) in [7, 11) is 0. The number of benzene rings is 1. The number of alkyl halides is 2. The molecule has 0 spiro atoms. The zero-order chi connectivity index (χ0) is 14.5. The van der Waals surface area contributed by atoms with Gasteiger partial charge in [0.05, 0.1) is 0 Å². The minimum absolute atomic E-state index is 0.0319. The third kappa shape index (κ3) is 3.54. The maximum absolute atomic E-state index is 14.1. The number of carbonyl (C=O) groups is 1. The molecule has 2 nitrogen and oxygen atoms in total. The van der Waals surface area contributed by atoms with E-state index < -0.39 is 16.6 Å². The second kappa shape index (κ2) is 6.48. The standard InChI is InChI=1S/C14H18F2O2S/c1-3-4-10-19-12(17)14(15,16)13(2,18)11-8-6-5-7-9-11/h5-9,18H,3-4,10H2,1-2H3.